The van der Waals surface area contributed by atoms with Crippen molar-refractivity contribution in [3.05, 3.63) is 89.6 Å². The molecule has 0 unspecified atom stereocenters. The van der Waals surface area contributed by atoms with Gasteiger partial charge in [0.25, 0.3) is 5.91 Å². The van der Waals surface area contributed by atoms with E-state index in [0.29, 0.717) is 23.7 Å². The molecule has 1 amide bonds. The van der Waals surface area contributed by atoms with Crippen LogP contribution < -0.4 is 10.1 Å². The largest absolute Gasteiger partial charge is 0.471 e. The van der Waals surface area contributed by atoms with Crippen LogP contribution in [0.15, 0.2) is 72.9 Å². The molecule has 2 aromatic carbocycles. The van der Waals surface area contributed by atoms with Gasteiger partial charge in [0.1, 0.15) is 12.3 Å². The Morgan fingerprint density at radius 1 is 0.960 bits per heavy atom. The number of aryl methyl sites for hydroxylation is 1. The fourth-order valence-electron chi connectivity index (χ4n) is 2.41. The van der Waals surface area contributed by atoms with Gasteiger partial charge < -0.3 is 10.1 Å². The molecular weight excluding hydrogens is 312 g/mol. The van der Waals surface area contributed by atoms with E-state index in [9.17, 15) is 4.79 Å². The number of aromatic nitrogens is 1. The summed E-state index contributed by atoms with van der Waals surface area (Å²) in [6.07, 6.45) is 2.66. The van der Waals surface area contributed by atoms with Crippen molar-refractivity contribution in [2.45, 2.75) is 20.0 Å². The van der Waals surface area contributed by atoms with E-state index in [1.54, 1.807) is 30.5 Å². The second-order valence-electron chi connectivity index (χ2n) is 5.63. The van der Waals surface area contributed by atoms with Crippen molar-refractivity contribution in [1.82, 2.24) is 4.98 Å². The summed E-state index contributed by atoms with van der Waals surface area (Å²) in [5.41, 5.74) is 3.49. The minimum absolute atomic E-state index is 0.189. The standard InChI is InChI=1S/C21H20N2O2/c1-2-16-10-12-17(13-11-16)15-25-21-19(9-6-14-22-21)23-20(24)18-7-4-3-5-8-18/h3-14H,2,15H2,1H3,(H,23,24). The summed E-state index contributed by atoms with van der Waals surface area (Å²) in [6.45, 7) is 2.52. The lowest BCUT2D eigenvalue weighted by molar-refractivity contribution is 0.102. The molecule has 0 saturated carbocycles. The zero-order valence-electron chi connectivity index (χ0n) is 14.1. The quantitative estimate of drug-likeness (QED) is 0.724. The van der Waals surface area contributed by atoms with E-state index in [0.717, 1.165) is 12.0 Å². The van der Waals surface area contributed by atoms with E-state index >= 15 is 0 Å². The van der Waals surface area contributed by atoms with Gasteiger partial charge in [0.2, 0.25) is 5.88 Å². The minimum Gasteiger partial charge on any atom is -0.471 e. The number of hydrogen-bond acceptors (Lipinski definition) is 3. The summed E-state index contributed by atoms with van der Waals surface area (Å²) in [4.78, 5) is 16.6. The van der Waals surface area contributed by atoms with Gasteiger partial charge in [-0.15, -0.1) is 0 Å². The fraction of sp³-hybridized carbons (Fsp3) is 0.143. The number of carbonyl (C=O) groups excluding carboxylic acids is 1. The molecule has 0 bridgehead atoms. The van der Waals surface area contributed by atoms with Crippen molar-refractivity contribution in [2.24, 2.45) is 0 Å². The molecule has 4 heteroatoms. The maximum absolute atomic E-state index is 12.3. The lowest BCUT2D eigenvalue weighted by atomic mass is 10.1. The van der Waals surface area contributed by atoms with Crippen molar-refractivity contribution in [2.75, 3.05) is 5.32 Å². The Labute approximate surface area is 147 Å². The van der Waals surface area contributed by atoms with Crippen molar-refractivity contribution in [3.63, 3.8) is 0 Å². The monoisotopic (exact) mass is 332 g/mol. The minimum atomic E-state index is -0.189. The number of hydrogen-bond donors (Lipinski definition) is 1. The number of rotatable bonds is 6. The first-order valence-electron chi connectivity index (χ1n) is 8.28. The summed E-state index contributed by atoms with van der Waals surface area (Å²) in [5.74, 6) is 0.220. The Morgan fingerprint density at radius 3 is 2.40 bits per heavy atom. The first-order valence-corrected chi connectivity index (χ1v) is 8.28. The number of nitrogens with one attached hydrogen (secondary N) is 1. The predicted molar refractivity (Wildman–Crippen MR) is 98.8 cm³/mol. The van der Waals surface area contributed by atoms with E-state index in [1.165, 1.54) is 5.56 Å². The van der Waals surface area contributed by atoms with Crippen molar-refractivity contribution in [1.29, 1.82) is 0 Å². The zero-order valence-corrected chi connectivity index (χ0v) is 14.1. The number of pyridine rings is 1. The summed E-state index contributed by atoms with van der Waals surface area (Å²) >= 11 is 0. The molecule has 0 aliphatic carbocycles. The lowest BCUT2D eigenvalue weighted by Gasteiger charge is -2.11. The summed E-state index contributed by atoms with van der Waals surface area (Å²) in [5, 5.41) is 2.85. The van der Waals surface area contributed by atoms with Gasteiger partial charge >= 0.3 is 0 Å². The highest BCUT2D eigenvalue weighted by Crippen LogP contribution is 2.22. The zero-order chi connectivity index (χ0) is 17.5. The molecule has 4 nitrogen and oxygen atoms in total. The van der Waals surface area contributed by atoms with Crippen LogP contribution in [0.4, 0.5) is 5.69 Å². The van der Waals surface area contributed by atoms with Crippen molar-refractivity contribution < 1.29 is 9.53 Å². The van der Waals surface area contributed by atoms with E-state index in [1.807, 2.05) is 30.3 Å². The number of nitrogens with zero attached hydrogens (tertiary/aromatic N) is 1. The maximum Gasteiger partial charge on any atom is 0.255 e. The second kappa shape index (κ2) is 8.11. The Bertz CT molecular complexity index is 830. The SMILES string of the molecule is CCc1ccc(COc2ncccc2NC(=O)c2ccccc2)cc1. The normalized spacial score (nSPS) is 10.3. The molecule has 0 fully saturated rings. The number of amides is 1. The molecule has 126 valence electrons. The van der Waals surface area contributed by atoms with Gasteiger partial charge in [-0.2, -0.15) is 0 Å². The Hall–Kier alpha value is -3.14. The van der Waals surface area contributed by atoms with E-state index in [4.69, 9.17) is 4.74 Å². The Balaban J connectivity index is 1.69. The van der Waals surface area contributed by atoms with Crippen LogP contribution in [-0.2, 0) is 13.0 Å². The van der Waals surface area contributed by atoms with Gasteiger partial charge in [-0.3, -0.25) is 4.79 Å². The number of ether oxygens (including phenoxy) is 1. The van der Waals surface area contributed by atoms with E-state index in [2.05, 4.69) is 29.4 Å². The maximum atomic E-state index is 12.3. The predicted octanol–water partition coefficient (Wildman–Crippen LogP) is 4.48. The van der Waals surface area contributed by atoms with Crippen LogP contribution in [0.2, 0.25) is 0 Å². The second-order valence-corrected chi connectivity index (χ2v) is 5.63. The molecule has 0 saturated heterocycles. The highest BCUT2D eigenvalue weighted by molar-refractivity contribution is 6.04. The Morgan fingerprint density at radius 2 is 1.68 bits per heavy atom. The highest BCUT2D eigenvalue weighted by Gasteiger charge is 2.10. The highest BCUT2D eigenvalue weighted by atomic mass is 16.5. The molecule has 0 aliphatic rings. The van der Waals surface area contributed by atoms with Crippen LogP contribution in [0.1, 0.15) is 28.4 Å². The van der Waals surface area contributed by atoms with Crippen LogP contribution >= 0.6 is 0 Å². The molecule has 0 atom stereocenters. The number of carbonyl (C=O) groups is 1. The van der Waals surface area contributed by atoms with Gasteiger partial charge in [0.05, 0.1) is 0 Å². The van der Waals surface area contributed by atoms with Crippen molar-refractivity contribution >= 4 is 11.6 Å². The third-order valence-electron chi connectivity index (χ3n) is 3.86. The van der Waals surface area contributed by atoms with Gasteiger partial charge in [0, 0.05) is 11.8 Å². The first-order chi connectivity index (χ1) is 12.3. The molecule has 0 radical (unpaired) electrons. The molecule has 3 rings (SSSR count). The van der Waals surface area contributed by atoms with Crippen LogP contribution in [0, 0.1) is 0 Å². The molecule has 0 aliphatic heterocycles. The fourth-order valence-corrected chi connectivity index (χ4v) is 2.41. The third kappa shape index (κ3) is 4.44. The van der Waals surface area contributed by atoms with E-state index < -0.39 is 0 Å². The average molecular weight is 332 g/mol. The lowest BCUT2D eigenvalue weighted by Crippen LogP contribution is -2.13. The number of anilines is 1. The Kier molecular flexibility index (Phi) is 5.42. The van der Waals surface area contributed by atoms with Crippen LogP contribution in [-0.4, -0.2) is 10.9 Å². The summed E-state index contributed by atoms with van der Waals surface area (Å²) in [6, 6.07) is 20.9. The van der Waals surface area contributed by atoms with Gasteiger partial charge in [-0.05, 0) is 41.8 Å². The van der Waals surface area contributed by atoms with E-state index in [-0.39, 0.29) is 5.91 Å². The summed E-state index contributed by atoms with van der Waals surface area (Å²) in [7, 11) is 0. The van der Waals surface area contributed by atoms with Crippen molar-refractivity contribution in [3.8, 4) is 5.88 Å². The topological polar surface area (TPSA) is 51.2 Å². The molecule has 1 aromatic heterocycles. The molecule has 3 aromatic rings. The summed E-state index contributed by atoms with van der Waals surface area (Å²) < 4.78 is 5.81. The van der Waals surface area contributed by atoms with Gasteiger partial charge in [-0.1, -0.05) is 49.4 Å². The molecule has 1 heterocycles. The van der Waals surface area contributed by atoms with Crippen LogP contribution in [0.5, 0.6) is 5.88 Å². The number of benzene rings is 2. The molecular formula is C21H20N2O2. The average Bonchev–Trinajstić information content (AvgIpc) is 2.68. The molecule has 0 spiro atoms. The van der Waals surface area contributed by atoms with Gasteiger partial charge in [0.15, 0.2) is 0 Å². The first kappa shape index (κ1) is 16.7. The van der Waals surface area contributed by atoms with Crippen LogP contribution in [0.25, 0.3) is 0 Å². The van der Waals surface area contributed by atoms with Gasteiger partial charge in [-0.25, -0.2) is 4.98 Å². The third-order valence-corrected chi connectivity index (χ3v) is 3.86. The molecule has 25 heavy (non-hydrogen) atoms. The molecule has 1 N–H and O–H groups in total. The van der Waals surface area contributed by atoms with Crippen LogP contribution in [0.3, 0.4) is 0 Å². The smallest absolute Gasteiger partial charge is 0.255 e.